The van der Waals surface area contributed by atoms with Gasteiger partial charge in [-0.15, -0.1) is 22.9 Å². The highest BCUT2D eigenvalue weighted by Crippen LogP contribution is 2.39. The zero-order valence-electron chi connectivity index (χ0n) is 8.95. The first-order valence-electron chi connectivity index (χ1n) is 5.01. The van der Waals surface area contributed by atoms with E-state index in [0.717, 1.165) is 4.88 Å². The van der Waals surface area contributed by atoms with Crippen LogP contribution in [0.1, 0.15) is 15.8 Å². The van der Waals surface area contributed by atoms with E-state index in [1.54, 1.807) is 30.3 Å². The summed E-state index contributed by atoms with van der Waals surface area (Å²) in [6, 6.07) is 9.94. The Balaban J connectivity index is 2.32. The number of hydrogen-bond acceptors (Lipinski definition) is 2. The molecule has 2 rings (SSSR count). The van der Waals surface area contributed by atoms with Crippen LogP contribution in [0.5, 0.6) is 5.75 Å². The molecule has 0 bridgehead atoms. The van der Waals surface area contributed by atoms with E-state index < -0.39 is 12.0 Å². The Kier molecular flexibility index (Phi) is 4.43. The predicted octanol–water partition coefficient (Wildman–Crippen LogP) is 5.33. The number of thiophene rings is 1. The van der Waals surface area contributed by atoms with Crippen LogP contribution in [0.25, 0.3) is 0 Å². The average Bonchev–Trinajstić information content (AvgIpc) is 2.75. The molecule has 0 amide bonds. The van der Waals surface area contributed by atoms with Crippen molar-refractivity contribution < 1.29 is 13.5 Å². The van der Waals surface area contributed by atoms with Gasteiger partial charge in [0.1, 0.15) is 5.75 Å². The molecule has 2 aromatic rings. The van der Waals surface area contributed by atoms with Gasteiger partial charge in [-0.1, -0.05) is 29.8 Å². The van der Waals surface area contributed by atoms with Gasteiger partial charge in [-0.25, -0.2) is 0 Å². The lowest BCUT2D eigenvalue weighted by Crippen LogP contribution is -2.05. The van der Waals surface area contributed by atoms with Crippen molar-refractivity contribution >= 4 is 34.5 Å². The summed E-state index contributed by atoms with van der Waals surface area (Å²) in [5.74, 6) is 0.0806. The maximum atomic E-state index is 12.3. The Labute approximate surface area is 117 Å². The zero-order valence-corrected chi connectivity index (χ0v) is 11.3. The third-order valence-electron chi connectivity index (χ3n) is 2.25. The van der Waals surface area contributed by atoms with Gasteiger partial charge in [0, 0.05) is 10.4 Å². The highest BCUT2D eigenvalue weighted by Gasteiger charge is 2.19. The third-order valence-corrected chi connectivity index (χ3v) is 4.15. The van der Waals surface area contributed by atoms with Crippen LogP contribution in [0.3, 0.4) is 0 Å². The Bertz CT molecular complexity index is 530. The molecule has 0 spiro atoms. The molecule has 0 radical (unpaired) electrons. The van der Waals surface area contributed by atoms with Gasteiger partial charge >= 0.3 is 6.61 Å². The maximum Gasteiger partial charge on any atom is 0.387 e. The van der Waals surface area contributed by atoms with Crippen molar-refractivity contribution in [2.45, 2.75) is 12.0 Å². The molecule has 0 aliphatic heterocycles. The molecule has 0 fully saturated rings. The van der Waals surface area contributed by atoms with E-state index in [0.29, 0.717) is 9.90 Å². The van der Waals surface area contributed by atoms with Crippen molar-refractivity contribution in [3.8, 4) is 5.75 Å². The number of para-hydroxylation sites is 1. The van der Waals surface area contributed by atoms with E-state index in [1.807, 2.05) is 0 Å². The summed E-state index contributed by atoms with van der Waals surface area (Å²) in [7, 11) is 0. The van der Waals surface area contributed by atoms with E-state index in [9.17, 15) is 8.78 Å². The van der Waals surface area contributed by atoms with Gasteiger partial charge in [-0.05, 0) is 18.2 Å². The summed E-state index contributed by atoms with van der Waals surface area (Å²) >= 11 is 13.4. The molecule has 1 aromatic carbocycles. The second-order valence-electron chi connectivity index (χ2n) is 3.42. The summed E-state index contributed by atoms with van der Waals surface area (Å²) in [6.45, 7) is -2.87. The molecular formula is C12H8Cl2F2OS. The molecule has 96 valence electrons. The molecule has 1 heterocycles. The Hall–Kier alpha value is -0.840. The summed E-state index contributed by atoms with van der Waals surface area (Å²) in [4.78, 5) is 0.784. The van der Waals surface area contributed by atoms with Crippen LogP contribution in [-0.2, 0) is 0 Å². The van der Waals surface area contributed by atoms with Gasteiger partial charge in [0.05, 0.1) is 9.71 Å². The van der Waals surface area contributed by atoms with Crippen molar-refractivity contribution in [3.63, 3.8) is 0 Å². The number of alkyl halides is 3. The summed E-state index contributed by atoms with van der Waals surface area (Å²) in [5, 5.41) is -0.558. The molecule has 0 N–H and O–H groups in total. The molecular weight excluding hydrogens is 301 g/mol. The van der Waals surface area contributed by atoms with Gasteiger partial charge in [-0.2, -0.15) is 8.78 Å². The number of halogens is 4. The lowest BCUT2D eigenvalue weighted by atomic mass is 10.1. The number of benzene rings is 1. The average molecular weight is 309 g/mol. The predicted molar refractivity (Wildman–Crippen MR) is 70.1 cm³/mol. The van der Waals surface area contributed by atoms with Gasteiger partial charge in [0.2, 0.25) is 0 Å². The van der Waals surface area contributed by atoms with Crippen LogP contribution >= 0.6 is 34.5 Å². The van der Waals surface area contributed by atoms with Gasteiger partial charge in [0.15, 0.2) is 0 Å². The van der Waals surface area contributed by atoms with E-state index >= 15 is 0 Å². The highest BCUT2D eigenvalue weighted by molar-refractivity contribution is 7.16. The maximum absolute atomic E-state index is 12.3. The van der Waals surface area contributed by atoms with Crippen LogP contribution in [0.15, 0.2) is 36.4 Å². The van der Waals surface area contributed by atoms with Crippen molar-refractivity contribution in [2.75, 3.05) is 0 Å². The Morgan fingerprint density at radius 2 is 1.83 bits per heavy atom. The van der Waals surface area contributed by atoms with Crippen molar-refractivity contribution in [1.29, 1.82) is 0 Å². The first-order chi connectivity index (χ1) is 8.58. The largest absolute Gasteiger partial charge is 0.434 e. The molecule has 1 aromatic heterocycles. The summed E-state index contributed by atoms with van der Waals surface area (Å²) in [5.41, 5.74) is 0.498. The van der Waals surface area contributed by atoms with Crippen LogP contribution in [0.2, 0.25) is 4.34 Å². The topological polar surface area (TPSA) is 9.23 Å². The Morgan fingerprint density at radius 1 is 1.11 bits per heavy atom. The molecule has 1 nitrogen and oxygen atoms in total. The fourth-order valence-corrected chi connectivity index (χ4v) is 2.96. The van der Waals surface area contributed by atoms with Crippen LogP contribution < -0.4 is 4.74 Å². The first-order valence-corrected chi connectivity index (χ1v) is 6.64. The Morgan fingerprint density at radius 3 is 2.44 bits per heavy atom. The van der Waals surface area contributed by atoms with Crippen molar-refractivity contribution in [3.05, 3.63) is 51.2 Å². The lowest BCUT2D eigenvalue weighted by molar-refractivity contribution is -0.0504. The van der Waals surface area contributed by atoms with Crippen molar-refractivity contribution in [1.82, 2.24) is 0 Å². The minimum Gasteiger partial charge on any atom is -0.434 e. The van der Waals surface area contributed by atoms with E-state index in [4.69, 9.17) is 23.2 Å². The van der Waals surface area contributed by atoms with Crippen LogP contribution in [0, 0.1) is 0 Å². The standard InChI is InChI=1S/C12H8Cl2F2OS/c13-10-6-5-9(18-10)11(14)7-3-1-2-4-8(7)17-12(15)16/h1-6,11-12H. The highest BCUT2D eigenvalue weighted by atomic mass is 35.5. The van der Waals surface area contributed by atoms with Crippen LogP contribution in [-0.4, -0.2) is 6.61 Å². The molecule has 18 heavy (non-hydrogen) atoms. The number of rotatable bonds is 4. The summed E-state index contributed by atoms with van der Waals surface area (Å²) < 4.78 is 29.6. The monoisotopic (exact) mass is 308 g/mol. The smallest absolute Gasteiger partial charge is 0.387 e. The molecule has 1 unspecified atom stereocenters. The SMILES string of the molecule is FC(F)Oc1ccccc1C(Cl)c1ccc(Cl)s1. The normalized spacial score (nSPS) is 12.7. The first kappa shape index (κ1) is 13.6. The fraction of sp³-hybridized carbons (Fsp3) is 0.167. The van der Waals surface area contributed by atoms with Crippen molar-refractivity contribution in [2.24, 2.45) is 0 Å². The van der Waals surface area contributed by atoms with Crippen LogP contribution in [0.4, 0.5) is 8.78 Å². The minimum absolute atomic E-state index is 0.0806. The molecule has 1 atom stereocenters. The minimum atomic E-state index is -2.87. The van der Waals surface area contributed by atoms with E-state index in [-0.39, 0.29) is 5.75 Å². The molecule has 0 saturated carbocycles. The second kappa shape index (κ2) is 5.87. The van der Waals surface area contributed by atoms with Gasteiger partial charge < -0.3 is 4.74 Å². The van der Waals surface area contributed by atoms with E-state index in [1.165, 1.54) is 17.4 Å². The molecule has 0 saturated heterocycles. The number of hydrogen-bond donors (Lipinski definition) is 0. The quantitative estimate of drug-likeness (QED) is 0.694. The number of ether oxygens (including phenoxy) is 1. The zero-order chi connectivity index (χ0) is 13.1. The molecule has 6 heteroatoms. The third kappa shape index (κ3) is 3.13. The van der Waals surface area contributed by atoms with Gasteiger partial charge in [-0.3, -0.25) is 0 Å². The van der Waals surface area contributed by atoms with E-state index in [2.05, 4.69) is 4.74 Å². The molecule has 0 aliphatic rings. The fourth-order valence-electron chi connectivity index (χ4n) is 1.51. The van der Waals surface area contributed by atoms with Gasteiger partial charge in [0.25, 0.3) is 0 Å². The second-order valence-corrected chi connectivity index (χ2v) is 5.60. The summed E-state index contributed by atoms with van der Waals surface area (Å²) in [6.07, 6.45) is 0. The molecule has 0 aliphatic carbocycles. The lowest BCUT2D eigenvalue weighted by Gasteiger charge is -2.13.